The second kappa shape index (κ2) is 5.53. The minimum Gasteiger partial charge on any atom is -0.450 e. The van der Waals surface area contributed by atoms with Gasteiger partial charge in [-0.1, -0.05) is 12.2 Å². The summed E-state index contributed by atoms with van der Waals surface area (Å²) in [7, 11) is 0. The number of piperazine rings is 1. The number of rotatable bonds is 3. The van der Waals surface area contributed by atoms with Gasteiger partial charge >= 0.3 is 6.09 Å². The second-order valence-corrected chi connectivity index (χ2v) is 6.03. The zero-order valence-corrected chi connectivity index (χ0v) is 11.8. The summed E-state index contributed by atoms with van der Waals surface area (Å²) in [4.78, 5) is 16.0. The Kier molecular flexibility index (Phi) is 3.78. The average Bonchev–Trinajstić information content (AvgIpc) is 3.02. The first-order valence-electron chi connectivity index (χ1n) is 7.58. The van der Waals surface area contributed by atoms with E-state index in [4.69, 9.17) is 4.74 Å². The van der Waals surface area contributed by atoms with Gasteiger partial charge in [-0.05, 0) is 37.5 Å². The first-order valence-corrected chi connectivity index (χ1v) is 7.58. The van der Waals surface area contributed by atoms with E-state index in [9.17, 15) is 4.79 Å². The monoisotopic (exact) mass is 264 g/mol. The second-order valence-electron chi connectivity index (χ2n) is 6.03. The molecule has 0 radical (unpaired) electrons. The van der Waals surface area contributed by atoms with Crippen molar-refractivity contribution in [3.05, 3.63) is 12.2 Å². The zero-order chi connectivity index (χ0) is 13.2. The van der Waals surface area contributed by atoms with Crippen molar-refractivity contribution in [2.24, 2.45) is 17.8 Å². The molecule has 1 heterocycles. The molecule has 1 saturated heterocycles. The van der Waals surface area contributed by atoms with E-state index in [2.05, 4.69) is 17.1 Å². The first-order chi connectivity index (χ1) is 9.26. The quantitative estimate of drug-likeness (QED) is 0.731. The number of hydrogen-bond donors (Lipinski definition) is 0. The van der Waals surface area contributed by atoms with Gasteiger partial charge in [-0.3, -0.25) is 4.90 Å². The molecule has 4 heteroatoms. The standard InChI is InChI=1S/C15H24N2O2/c1-2-19-15(18)17-7-5-16(6-8-17)11-14-10-12-3-4-13(14)9-12/h3-4,12-14H,2,5-11H2,1H3. The molecule has 19 heavy (non-hydrogen) atoms. The summed E-state index contributed by atoms with van der Waals surface area (Å²) in [6.07, 6.45) is 7.44. The average molecular weight is 264 g/mol. The van der Waals surface area contributed by atoms with Gasteiger partial charge in [-0.25, -0.2) is 4.79 Å². The van der Waals surface area contributed by atoms with E-state index in [-0.39, 0.29) is 6.09 Å². The summed E-state index contributed by atoms with van der Waals surface area (Å²) in [5.41, 5.74) is 0. The van der Waals surface area contributed by atoms with Gasteiger partial charge in [-0.15, -0.1) is 0 Å². The third kappa shape index (κ3) is 2.78. The highest BCUT2D eigenvalue weighted by Gasteiger charge is 2.36. The van der Waals surface area contributed by atoms with Gasteiger partial charge in [0.15, 0.2) is 0 Å². The van der Waals surface area contributed by atoms with Crippen LogP contribution in [0.4, 0.5) is 4.79 Å². The maximum Gasteiger partial charge on any atom is 0.409 e. The van der Waals surface area contributed by atoms with Crippen LogP contribution in [0.15, 0.2) is 12.2 Å². The highest BCUT2D eigenvalue weighted by atomic mass is 16.6. The molecule has 3 rings (SSSR count). The van der Waals surface area contributed by atoms with Crippen molar-refractivity contribution < 1.29 is 9.53 Å². The number of carbonyl (C=O) groups is 1. The minimum atomic E-state index is -0.148. The number of allylic oxidation sites excluding steroid dienone is 2. The SMILES string of the molecule is CCOC(=O)N1CCN(CC2CC3C=CC2C3)CC1. The van der Waals surface area contributed by atoms with Gasteiger partial charge in [0.05, 0.1) is 6.61 Å². The minimum absolute atomic E-state index is 0.148. The van der Waals surface area contributed by atoms with Crippen LogP contribution in [0.5, 0.6) is 0 Å². The molecule has 1 saturated carbocycles. The molecule has 1 amide bonds. The van der Waals surface area contributed by atoms with E-state index in [0.717, 1.165) is 43.9 Å². The largest absolute Gasteiger partial charge is 0.450 e. The van der Waals surface area contributed by atoms with Crippen molar-refractivity contribution in [2.45, 2.75) is 19.8 Å². The Morgan fingerprint density at radius 1 is 1.21 bits per heavy atom. The van der Waals surface area contributed by atoms with Crippen molar-refractivity contribution in [3.63, 3.8) is 0 Å². The van der Waals surface area contributed by atoms with E-state index in [1.165, 1.54) is 19.4 Å². The summed E-state index contributed by atoms with van der Waals surface area (Å²) in [5.74, 6) is 2.54. The molecule has 3 aliphatic rings. The molecule has 3 unspecified atom stereocenters. The molecule has 0 aromatic heterocycles. The fraction of sp³-hybridized carbons (Fsp3) is 0.800. The molecule has 0 N–H and O–H groups in total. The van der Waals surface area contributed by atoms with E-state index in [1.807, 2.05) is 11.8 Å². The van der Waals surface area contributed by atoms with Crippen molar-refractivity contribution in [1.82, 2.24) is 9.80 Å². The number of carbonyl (C=O) groups excluding carboxylic acids is 1. The van der Waals surface area contributed by atoms with Gasteiger partial charge in [0.2, 0.25) is 0 Å². The van der Waals surface area contributed by atoms with Gasteiger partial charge in [0.25, 0.3) is 0 Å². The number of amides is 1. The van der Waals surface area contributed by atoms with Gasteiger partial charge < -0.3 is 9.64 Å². The lowest BCUT2D eigenvalue weighted by Crippen LogP contribution is -2.50. The van der Waals surface area contributed by atoms with E-state index in [1.54, 1.807) is 0 Å². The lowest BCUT2D eigenvalue weighted by molar-refractivity contribution is 0.0738. The fourth-order valence-corrected chi connectivity index (χ4v) is 3.76. The van der Waals surface area contributed by atoms with Crippen LogP contribution >= 0.6 is 0 Å². The summed E-state index contributed by atoms with van der Waals surface area (Å²) in [5, 5.41) is 0. The van der Waals surface area contributed by atoms with Crippen LogP contribution in [-0.4, -0.2) is 55.2 Å². The number of ether oxygens (including phenoxy) is 1. The zero-order valence-electron chi connectivity index (χ0n) is 11.8. The Morgan fingerprint density at radius 2 is 2.00 bits per heavy atom. The molecule has 2 bridgehead atoms. The van der Waals surface area contributed by atoms with Crippen LogP contribution in [-0.2, 0) is 4.74 Å². The van der Waals surface area contributed by atoms with Crippen LogP contribution in [0.25, 0.3) is 0 Å². The Morgan fingerprint density at radius 3 is 2.58 bits per heavy atom. The molecule has 0 spiro atoms. The summed E-state index contributed by atoms with van der Waals surface area (Å²) < 4.78 is 5.05. The third-order valence-electron chi connectivity index (χ3n) is 4.81. The van der Waals surface area contributed by atoms with Crippen molar-refractivity contribution in [1.29, 1.82) is 0 Å². The van der Waals surface area contributed by atoms with Gasteiger partial charge in [0, 0.05) is 32.7 Å². The third-order valence-corrected chi connectivity index (χ3v) is 4.81. The van der Waals surface area contributed by atoms with E-state index in [0.29, 0.717) is 6.61 Å². The fourth-order valence-electron chi connectivity index (χ4n) is 3.76. The molecule has 0 aromatic rings. The van der Waals surface area contributed by atoms with Crippen LogP contribution < -0.4 is 0 Å². The smallest absolute Gasteiger partial charge is 0.409 e. The Labute approximate surface area is 115 Å². The maximum absolute atomic E-state index is 11.6. The molecule has 0 aromatic carbocycles. The Hall–Kier alpha value is -1.03. The molecule has 2 fully saturated rings. The molecule has 2 aliphatic carbocycles. The van der Waals surface area contributed by atoms with Crippen molar-refractivity contribution in [2.75, 3.05) is 39.3 Å². The lowest BCUT2D eigenvalue weighted by atomic mass is 9.93. The van der Waals surface area contributed by atoms with Crippen LogP contribution in [0.1, 0.15) is 19.8 Å². The van der Waals surface area contributed by atoms with E-state index < -0.39 is 0 Å². The Bertz CT molecular complexity index is 361. The van der Waals surface area contributed by atoms with Crippen LogP contribution in [0.3, 0.4) is 0 Å². The highest BCUT2D eigenvalue weighted by Crippen LogP contribution is 2.43. The molecule has 106 valence electrons. The molecular formula is C15H24N2O2. The predicted octanol–water partition coefficient (Wildman–Crippen LogP) is 1.97. The first kappa shape index (κ1) is 13.0. The summed E-state index contributed by atoms with van der Waals surface area (Å²) in [6.45, 7) is 7.16. The van der Waals surface area contributed by atoms with Gasteiger partial charge in [-0.2, -0.15) is 0 Å². The summed E-state index contributed by atoms with van der Waals surface area (Å²) >= 11 is 0. The number of hydrogen-bond acceptors (Lipinski definition) is 3. The molecule has 3 atom stereocenters. The van der Waals surface area contributed by atoms with Gasteiger partial charge in [0.1, 0.15) is 0 Å². The van der Waals surface area contributed by atoms with E-state index >= 15 is 0 Å². The number of nitrogens with zero attached hydrogens (tertiary/aromatic N) is 2. The predicted molar refractivity (Wildman–Crippen MR) is 73.9 cm³/mol. The van der Waals surface area contributed by atoms with Crippen LogP contribution in [0, 0.1) is 17.8 Å². The molecular weight excluding hydrogens is 240 g/mol. The van der Waals surface area contributed by atoms with Crippen molar-refractivity contribution >= 4 is 6.09 Å². The van der Waals surface area contributed by atoms with Crippen LogP contribution in [0.2, 0.25) is 0 Å². The normalized spacial score (nSPS) is 33.9. The topological polar surface area (TPSA) is 32.8 Å². The Balaban J connectivity index is 1.43. The molecule has 4 nitrogen and oxygen atoms in total. The van der Waals surface area contributed by atoms with Crippen molar-refractivity contribution in [3.8, 4) is 0 Å². The molecule has 1 aliphatic heterocycles. The lowest BCUT2D eigenvalue weighted by Gasteiger charge is -2.36. The summed E-state index contributed by atoms with van der Waals surface area (Å²) in [6, 6.07) is 0. The number of fused-ring (bicyclic) bond motifs is 2. The highest BCUT2D eigenvalue weighted by molar-refractivity contribution is 5.67. The maximum atomic E-state index is 11.6.